The van der Waals surface area contributed by atoms with Gasteiger partial charge in [0.2, 0.25) is 11.8 Å². The van der Waals surface area contributed by atoms with Gasteiger partial charge in [0, 0.05) is 5.56 Å². The van der Waals surface area contributed by atoms with Crippen molar-refractivity contribution in [1.82, 2.24) is 15.0 Å². The van der Waals surface area contributed by atoms with E-state index in [1.54, 1.807) is 13.3 Å². The van der Waals surface area contributed by atoms with Crippen molar-refractivity contribution in [2.24, 2.45) is 0 Å². The van der Waals surface area contributed by atoms with Crippen LogP contribution in [0.25, 0.3) is 0 Å². The number of aromatic nitrogens is 3. The number of ether oxygens (including phenoxy) is 1. The van der Waals surface area contributed by atoms with Gasteiger partial charge in [0.05, 0.1) is 24.7 Å². The third-order valence-electron chi connectivity index (χ3n) is 3.04. The van der Waals surface area contributed by atoms with Crippen LogP contribution in [-0.4, -0.2) is 22.1 Å². The molecular weight excluding hydrogens is 268 g/mol. The Labute approximate surface area is 123 Å². The van der Waals surface area contributed by atoms with Crippen LogP contribution in [0, 0.1) is 6.92 Å². The molecule has 0 saturated carbocycles. The summed E-state index contributed by atoms with van der Waals surface area (Å²) in [6.07, 6.45) is 1.56. The number of nitrogens with one attached hydrogen (secondary N) is 1. The van der Waals surface area contributed by atoms with Crippen LogP contribution in [0.2, 0.25) is 0 Å². The number of nitrogens with two attached hydrogens (primary N) is 2. The minimum Gasteiger partial charge on any atom is -0.481 e. The van der Waals surface area contributed by atoms with Crippen molar-refractivity contribution >= 4 is 23.1 Å². The second-order valence-corrected chi connectivity index (χ2v) is 5.05. The Kier molecular flexibility index (Phi) is 4.11. The van der Waals surface area contributed by atoms with Gasteiger partial charge < -0.3 is 21.5 Å². The molecule has 112 valence electrons. The van der Waals surface area contributed by atoms with Crippen LogP contribution >= 0.6 is 0 Å². The smallest absolute Gasteiger partial charge is 0.222 e. The van der Waals surface area contributed by atoms with Crippen molar-refractivity contribution in [3.05, 3.63) is 23.5 Å². The minimum atomic E-state index is 0.145. The first-order chi connectivity index (χ1) is 9.92. The quantitative estimate of drug-likeness (QED) is 0.790. The summed E-state index contributed by atoms with van der Waals surface area (Å²) in [6.45, 7) is 6.06. The number of methoxy groups -OCH3 is 1. The Morgan fingerprint density at radius 1 is 1.19 bits per heavy atom. The molecule has 2 heterocycles. The molecule has 0 saturated heterocycles. The largest absolute Gasteiger partial charge is 0.481 e. The zero-order valence-corrected chi connectivity index (χ0v) is 12.6. The van der Waals surface area contributed by atoms with Gasteiger partial charge in [-0.25, -0.2) is 9.97 Å². The molecule has 0 radical (unpaired) electrons. The van der Waals surface area contributed by atoms with Gasteiger partial charge >= 0.3 is 0 Å². The summed E-state index contributed by atoms with van der Waals surface area (Å²) >= 11 is 0. The standard InChI is InChI=1S/C14H20N6O/c1-7(2)11-9(5-8(3)13(19-11)21-4)18-10-6-17-14(16)20-12(10)15/h5-7,18H,1-4H3,(H4,15,16,17,20). The lowest BCUT2D eigenvalue weighted by atomic mass is 10.1. The van der Waals surface area contributed by atoms with E-state index in [1.165, 1.54) is 0 Å². The molecule has 7 nitrogen and oxygen atoms in total. The number of rotatable bonds is 4. The lowest BCUT2D eigenvalue weighted by Gasteiger charge is -2.17. The molecule has 0 aliphatic rings. The van der Waals surface area contributed by atoms with Crippen molar-refractivity contribution in [1.29, 1.82) is 0 Å². The molecule has 0 bridgehead atoms. The highest BCUT2D eigenvalue weighted by molar-refractivity contribution is 5.71. The van der Waals surface area contributed by atoms with Crippen LogP contribution in [0.15, 0.2) is 12.3 Å². The molecule has 5 N–H and O–H groups in total. The normalized spacial score (nSPS) is 10.7. The second kappa shape index (κ2) is 5.82. The molecule has 0 spiro atoms. The predicted octanol–water partition coefficient (Wildman–Crippen LogP) is 2.22. The molecule has 0 aromatic carbocycles. The molecule has 0 amide bonds. The lowest BCUT2D eigenvalue weighted by molar-refractivity contribution is 0.392. The summed E-state index contributed by atoms with van der Waals surface area (Å²) in [5.41, 5.74) is 14.6. The number of anilines is 4. The molecule has 21 heavy (non-hydrogen) atoms. The van der Waals surface area contributed by atoms with Gasteiger partial charge in [0.25, 0.3) is 0 Å². The molecular formula is C14H20N6O. The summed E-state index contributed by atoms with van der Waals surface area (Å²) in [5.74, 6) is 1.28. The number of hydrogen-bond donors (Lipinski definition) is 3. The van der Waals surface area contributed by atoms with Gasteiger partial charge in [-0.05, 0) is 18.9 Å². The van der Waals surface area contributed by atoms with E-state index in [2.05, 4.69) is 34.1 Å². The number of nitrogen functional groups attached to an aromatic ring is 2. The molecule has 7 heteroatoms. The Morgan fingerprint density at radius 3 is 2.48 bits per heavy atom. The van der Waals surface area contributed by atoms with E-state index >= 15 is 0 Å². The first-order valence-corrected chi connectivity index (χ1v) is 6.63. The third kappa shape index (κ3) is 3.13. The van der Waals surface area contributed by atoms with Gasteiger partial charge in [0.15, 0.2) is 5.82 Å². The van der Waals surface area contributed by atoms with Crippen LogP contribution in [-0.2, 0) is 0 Å². The van der Waals surface area contributed by atoms with Crippen LogP contribution in [0.3, 0.4) is 0 Å². The van der Waals surface area contributed by atoms with Gasteiger partial charge in [-0.2, -0.15) is 4.98 Å². The van der Waals surface area contributed by atoms with Crippen LogP contribution in [0.5, 0.6) is 5.88 Å². The van der Waals surface area contributed by atoms with E-state index in [9.17, 15) is 0 Å². The average molecular weight is 288 g/mol. The fourth-order valence-electron chi connectivity index (χ4n) is 2.01. The lowest BCUT2D eigenvalue weighted by Crippen LogP contribution is -2.07. The summed E-state index contributed by atoms with van der Waals surface area (Å²) < 4.78 is 5.28. The maximum atomic E-state index is 5.85. The SMILES string of the molecule is COc1nc(C(C)C)c(Nc2cnc(N)nc2N)cc1C. The van der Waals surface area contributed by atoms with Crippen molar-refractivity contribution in [2.75, 3.05) is 23.9 Å². The Bertz CT molecular complexity index is 656. The monoisotopic (exact) mass is 288 g/mol. The molecule has 0 fully saturated rings. The van der Waals surface area contributed by atoms with Crippen LogP contribution < -0.4 is 21.5 Å². The molecule has 2 aromatic rings. The van der Waals surface area contributed by atoms with Crippen LogP contribution in [0.4, 0.5) is 23.1 Å². The van der Waals surface area contributed by atoms with E-state index in [4.69, 9.17) is 16.2 Å². The third-order valence-corrected chi connectivity index (χ3v) is 3.04. The van der Waals surface area contributed by atoms with Gasteiger partial charge in [0.1, 0.15) is 5.69 Å². The molecule has 2 rings (SSSR count). The number of aryl methyl sites for hydroxylation is 1. The van der Waals surface area contributed by atoms with Gasteiger partial charge in [-0.15, -0.1) is 0 Å². The summed E-state index contributed by atoms with van der Waals surface area (Å²) in [5, 5.41) is 3.22. The highest BCUT2D eigenvalue weighted by atomic mass is 16.5. The molecule has 0 aliphatic heterocycles. The topological polar surface area (TPSA) is 112 Å². The zero-order valence-electron chi connectivity index (χ0n) is 12.6. The van der Waals surface area contributed by atoms with E-state index in [-0.39, 0.29) is 11.9 Å². The number of pyridine rings is 1. The fraction of sp³-hybridized carbons (Fsp3) is 0.357. The number of hydrogen-bond acceptors (Lipinski definition) is 7. The van der Waals surface area contributed by atoms with E-state index < -0.39 is 0 Å². The molecule has 0 aliphatic carbocycles. The van der Waals surface area contributed by atoms with Crippen molar-refractivity contribution in [3.63, 3.8) is 0 Å². The Morgan fingerprint density at radius 2 is 1.90 bits per heavy atom. The zero-order chi connectivity index (χ0) is 15.6. The summed E-state index contributed by atoms with van der Waals surface area (Å²) in [6, 6.07) is 1.97. The first-order valence-electron chi connectivity index (χ1n) is 6.63. The van der Waals surface area contributed by atoms with E-state index in [0.717, 1.165) is 16.9 Å². The van der Waals surface area contributed by atoms with Crippen molar-refractivity contribution < 1.29 is 4.74 Å². The molecule has 2 aromatic heterocycles. The van der Waals surface area contributed by atoms with Gasteiger partial charge in [-0.1, -0.05) is 13.8 Å². The molecule has 0 atom stereocenters. The predicted molar refractivity (Wildman–Crippen MR) is 83.8 cm³/mol. The highest BCUT2D eigenvalue weighted by Crippen LogP contribution is 2.31. The average Bonchev–Trinajstić information content (AvgIpc) is 2.41. The van der Waals surface area contributed by atoms with E-state index in [0.29, 0.717) is 17.4 Å². The molecule has 0 unspecified atom stereocenters. The summed E-state index contributed by atoms with van der Waals surface area (Å²) in [4.78, 5) is 12.4. The second-order valence-electron chi connectivity index (χ2n) is 5.05. The minimum absolute atomic E-state index is 0.145. The van der Waals surface area contributed by atoms with Gasteiger partial charge in [-0.3, -0.25) is 0 Å². The number of nitrogens with zero attached hydrogens (tertiary/aromatic N) is 3. The highest BCUT2D eigenvalue weighted by Gasteiger charge is 2.14. The Balaban J connectivity index is 2.45. The maximum Gasteiger partial charge on any atom is 0.222 e. The first kappa shape index (κ1) is 14.8. The van der Waals surface area contributed by atoms with Crippen LogP contribution in [0.1, 0.15) is 31.0 Å². The maximum absolute atomic E-state index is 5.85. The van der Waals surface area contributed by atoms with Crippen molar-refractivity contribution in [2.45, 2.75) is 26.7 Å². The van der Waals surface area contributed by atoms with E-state index in [1.807, 2.05) is 13.0 Å². The van der Waals surface area contributed by atoms with Crippen molar-refractivity contribution in [3.8, 4) is 5.88 Å². The summed E-state index contributed by atoms with van der Waals surface area (Å²) in [7, 11) is 1.61. The fourth-order valence-corrected chi connectivity index (χ4v) is 2.01. The Hall–Kier alpha value is -2.57.